The lowest BCUT2D eigenvalue weighted by atomic mass is 10.1. The summed E-state index contributed by atoms with van der Waals surface area (Å²) in [5.74, 6) is -0.523. The molecule has 0 bridgehead atoms. The molecule has 0 heterocycles. The monoisotopic (exact) mass is 706 g/mol. The maximum atomic E-state index is 13.1. The van der Waals surface area contributed by atoms with Gasteiger partial charge in [-0.15, -0.1) is 0 Å². The van der Waals surface area contributed by atoms with E-state index in [1.807, 2.05) is 97.1 Å². The van der Waals surface area contributed by atoms with Crippen LogP contribution in [0.15, 0.2) is 168 Å². The van der Waals surface area contributed by atoms with Crippen LogP contribution in [-0.2, 0) is 0 Å². The minimum Gasteiger partial charge on any atom is -0.507 e. The number of carbonyl (C=O) groups excluding carboxylic acids is 2. The van der Waals surface area contributed by atoms with Crippen molar-refractivity contribution in [2.24, 2.45) is 9.98 Å². The van der Waals surface area contributed by atoms with E-state index in [9.17, 15) is 19.8 Å². The molecular formula is C46H30N2O6. The molecular weight excluding hydrogens is 677 g/mol. The number of esters is 2. The van der Waals surface area contributed by atoms with Crippen molar-refractivity contribution in [3.8, 4) is 23.0 Å². The molecule has 2 N–H and O–H groups in total. The molecule has 0 aliphatic heterocycles. The van der Waals surface area contributed by atoms with Crippen LogP contribution in [0.3, 0.4) is 0 Å². The quantitative estimate of drug-likeness (QED) is 0.0922. The zero-order chi connectivity index (χ0) is 37.0. The molecule has 8 aromatic rings. The van der Waals surface area contributed by atoms with E-state index in [1.165, 1.54) is 48.8 Å². The maximum absolute atomic E-state index is 13.1. The largest absolute Gasteiger partial charge is 0.507 e. The van der Waals surface area contributed by atoms with Crippen molar-refractivity contribution >= 4 is 68.1 Å². The number of hydrogen-bond donors (Lipinski definition) is 2. The summed E-state index contributed by atoms with van der Waals surface area (Å²) in [5.41, 5.74) is 1.96. The van der Waals surface area contributed by atoms with E-state index >= 15 is 0 Å². The number of phenols is 2. The molecule has 0 saturated carbocycles. The summed E-state index contributed by atoms with van der Waals surface area (Å²) >= 11 is 0. The van der Waals surface area contributed by atoms with Crippen molar-refractivity contribution in [1.82, 2.24) is 0 Å². The molecule has 0 unspecified atom stereocenters. The zero-order valence-corrected chi connectivity index (χ0v) is 28.6. The first kappa shape index (κ1) is 33.6. The predicted octanol–water partition coefficient (Wildman–Crippen LogP) is 10.5. The van der Waals surface area contributed by atoms with Crippen LogP contribution >= 0.6 is 0 Å². The Hall–Kier alpha value is -7.58. The summed E-state index contributed by atoms with van der Waals surface area (Å²) in [6, 6.07) is 46.6. The second-order valence-electron chi connectivity index (χ2n) is 12.5. The van der Waals surface area contributed by atoms with Crippen LogP contribution in [0.25, 0.3) is 32.3 Å². The lowest BCUT2D eigenvalue weighted by Crippen LogP contribution is -2.09. The highest BCUT2D eigenvalue weighted by molar-refractivity contribution is 5.99. The molecule has 8 heteroatoms. The number of rotatable bonds is 8. The number of phenolic OH excluding ortho intramolecular Hbond substituents is 2. The highest BCUT2D eigenvalue weighted by Gasteiger charge is 2.14. The summed E-state index contributed by atoms with van der Waals surface area (Å²) in [6.07, 6.45) is 2.90. The fourth-order valence-corrected chi connectivity index (χ4v) is 6.06. The van der Waals surface area contributed by atoms with Gasteiger partial charge in [0.15, 0.2) is 0 Å². The highest BCUT2D eigenvalue weighted by Crippen LogP contribution is 2.34. The standard InChI is InChI=1S/C46H30N2O6/c49-43-19-15-35(45(51)53-39-17-13-29-7-1-3-9-31(29)23-39)21-37(43)27-47-41-25-33-11-5-6-12-34(33)26-42(41)48-28-38-22-36(16-20-44(38)50)46(52)54-40-18-14-30-8-2-4-10-32(30)24-40/h1-28,49-50H. The van der Waals surface area contributed by atoms with Gasteiger partial charge in [0.2, 0.25) is 0 Å². The van der Waals surface area contributed by atoms with Gasteiger partial charge < -0.3 is 19.7 Å². The number of fused-ring (bicyclic) bond motifs is 3. The van der Waals surface area contributed by atoms with E-state index < -0.39 is 11.9 Å². The number of hydrogen-bond acceptors (Lipinski definition) is 8. The smallest absolute Gasteiger partial charge is 0.343 e. The lowest BCUT2D eigenvalue weighted by molar-refractivity contribution is 0.0725. The summed E-state index contributed by atoms with van der Waals surface area (Å²) < 4.78 is 11.3. The average molecular weight is 707 g/mol. The lowest BCUT2D eigenvalue weighted by Gasteiger charge is -2.08. The van der Waals surface area contributed by atoms with Gasteiger partial charge in [-0.25, -0.2) is 9.59 Å². The normalized spacial score (nSPS) is 11.5. The summed E-state index contributed by atoms with van der Waals surface area (Å²) in [6.45, 7) is 0. The van der Waals surface area contributed by atoms with Gasteiger partial charge >= 0.3 is 11.9 Å². The van der Waals surface area contributed by atoms with Crippen molar-refractivity contribution in [3.05, 3.63) is 180 Å². The predicted molar refractivity (Wildman–Crippen MR) is 212 cm³/mol. The van der Waals surface area contributed by atoms with E-state index in [-0.39, 0.29) is 22.6 Å². The summed E-state index contributed by atoms with van der Waals surface area (Å²) in [5, 5.41) is 27.1. The molecule has 8 rings (SSSR count). The third kappa shape index (κ3) is 7.26. The van der Waals surface area contributed by atoms with E-state index in [0.29, 0.717) is 34.0 Å². The van der Waals surface area contributed by atoms with E-state index in [2.05, 4.69) is 9.98 Å². The Morgan fingerprint density at radius 3 is 1.20 bits per heavy atom. The minimum absolute atomic E-state index is 0.0795. The molecule has 0 saturated heterocycles. The Balaban J connectivity index is 1.06. The molecule has 260 valence electrons. The SMILES string of the molecule is O=C(Oc1ccc2ccccc2c1)c1ccc(O)c(C=Nc2cc3ccccc3cc2N=Cc2cc(C(=O)Oc3ccc4ccccc4c3)ccc2O)c1. The number of ether oxygens (including phenoxy) is 2. The fraction of sp³-hybridized carbons (Fsp3) is 0. The second kappa shape index (κ2) is 14.6. The van der Waals surface area contributed by atoms with Crippen LogP contribution < -0.4 is 9.47 Å². The first-order valence-electron chi connectivity index (χ1n) is 17.1. The minimum atomic E-state index is -0.584. The van der Waals surface area contributed by atoms with Crippen LogP contribution in [0.5, 0.6) is 23.0 Å². The van der Waals surface area contributed by atoms with Gasteiger partial charge in [-0.05, 0) is 105 Å². The second-order valence-corrected chi connectivity index (χ2v) is 12.5. The van der Waals surface area contributed by atoms with Crippen molar-refractivity contribution in [1.29, 1.82) is 0 Å². The molecule has 0 aliphatic rings. The van der Waals surface area contributed by atoms with Crippen LogP contribution in [0.4, 0.5) is 11.4 Å². The maximum Gasteiger partial charge on any atom is 0.343 e. The highest BCUT2D eigenvalue weighted by atomic mass is 16.5. The molecule has 54 heavy (non-hydrogen) atoms. The number of aromatic hydroxyl groups is 2. The molecule has 8 aromatic carbocycles. The third-order valence-corrected chi connectivity index (χ3v) is 8.92. The van der Waals surface area contributed by atoms with Gasteiger partial charge in [0.05, 0.1) is 22.5 Å². The fourth-order valence-electron chi connectivity index (χ4n) is 6.06. The molecule has 0 spiro atoms. The number of aliphatic imine (C=N–C) groups is 2. The summed E-state index contributed by atoms with van der Waals surface area (Å²) in [4.78, 5) is 35.6. The number of nitrogens with zero attached hydrogens (tertiary/aromatic N) is 2. The Kier molecular flexibility index (Phi) is 9.06. The van der Waals surface area contributed by atoms with Gasteiger partial charge in [0.1, 0.15) is 23.0 Å². The summed E-state index contributed by atoms with van der Waals surface area (Å²) in [7, 11) is 0. The molecule has 8 nitrogen and oxygen atoms in total. The van der Waals surface area contributed by atoms with Crippen molar-refractivity contribution in [2.45, 2.75) is 0 Å². The van der Waals surface area contributed by atoms with Gasteiger partial charge in [-0.1, -0.05) is 84.9 Å². The Bertz CT molecular complexity index is 2620. The Morgan fingerprint density at radius 1 is 0.426 bits per heavy atom. The molecule has 0 atom stereocenters. The average Bonchev–Trinajstić information content (AvgIpc) is 3.20. The topological polar surface area (TPSA) is 118 Å². The molecule has 0 aromatic heterocycles. The van der Waals surface area contributed by atoms with E-state index in [4.69, 9.17) is 9.47 Å². The van der Waals surface area contributed by atoms with Crippen LogP contribution in [0, 0.1) is 0 Å². The van der Waals surface area contributed by atoms with Gasteiger partial charge in [0.25, 0.3) is 0 Å². The van der Waals surface area contributed by atoms with Gasteiger partial charge in [-0.2, -0.15) is 0 Å². The Morgan fingerprint density at radius 2 is 0.796 bits per heavy atom. The third-order valence-electron chi connectivity index (χ3n) is 8.92. The van der Waals surface area contributed by atoms with Crippen LogP contribution in [-0.4, -0.2) is 34.6 Å². The van der Waals surface area contributed by atoms with Gasteiger partial charge in [-0.3, -0.25) is 9.98 Å². The van der Waals surface area contributed by atoms with Crippen molar-refractivity contribution in [3.63, 3.8) is 0 Å². The first-order valence-corrected chi connectivity index (χ1v) is 17.1. The van der Waals surface area contributed by atoms with E-state index in [0.717, 1.165) is 32.3 Å². The van der Waals surface area contributed by atoms with Crippen LogP contribution in [0.2, 0.25) is 0 Å². The number of carbonyl (C=O) groups is 2. The molecule has 0 aliphatic carbocycles. The molecule has 0 radical (unpaired) electrons. The van der Waals surface area contributed by atoms with Crippen LogP contribution in [0.1, 0.15) is 31.8 Å². The zero-order valence-electron chi connectivity index (χ0n) is 28.6. The van der Waals surface area contributed by atoms with Crippen molar-refractivity contribution in [2.75, 3.05) is 0 Å². The van der Waals surface area contributed by atoms with Crippen molar-refractivity contribution < 1.29 is 29.3 Å². The van der Waals surface area contributed by atoms with Gasteiger partial charge in [0, 0.05) is 23.6 Å². The van der Waals surface area contributed by atoms with E-state index in [1.54, 1.807) is 24.3 Å². The molecule has 0 fully saturated rings. The Labute approximate surface area is 309 Å². The first-order chi connectivity index (χ1) is 26.4. The molecule has 0 amide bonds. The number of benzene rings is 8.